The van der Waals surface area contributed by atoms with Crippen molar-refractivity contribution in [2.45, 2.75) is 38.4 Å². The maximum Gasteiger partial charge on any atom is 0.329 e. The van der Waals surface area contributed by atoms with Gasteiger partial charge in [0.15, 0.2) is 11.7 Å². The monoisotopic (exact) mass is 300 g/mol. The largest absolute Gasteiger partial charge is 0.510 e. The van der Waals surface area contributed by atoms with Gasteiger partial charge in [-0.25, -0.2) is 4.79 Å². The van der Waals surface area contributed by atoms with Gasteiger partial charge in [-0.3, -0.25) is 9.55 Å². The van der Waals surface area contributed by atoms with Gasteiger partial charge in [-0.15, -0.1) is 0 Å². The minimum absolute atomic E-state index is 0.237. The number of allylic oxidation sites excluding steroid dienone is 1. The highest BCUT2D eigenvalue weighted by Crippen LogP contribution is 2.32. The Labute approximate surface area is 120 Å². The van der Waals surface area contributed by atoms with E-state index in [0.717, 1.165) is 10.8 Å². The highest BCUT2D eigenvalue weighted by atomic mass is 16.6. The first kappa shape index (κ1) is 13.9. The van der Waals surface area contributed by atoms with Crippen molar-refractivity contribution in [3.05, 3.63) is 39.5 Å². The number of hydrogen-bond acceptors (Lipinski definition) is 7. The molecule has 21 heavy (non-hydrogen) atoms. The maximum absolute atomic E-state index is 11.9. The van der Waals surface area contributed by atoms with Crippen LogP contribution in [0.2, 0.25) is 0 Å². The standard InChI is InChI=1S/C12H17N3O6/c1-5(2)7(16)10-8(17)9(18)11(21-10)15-4-3-6(14-20)13-12(15)19/h3-4,8-11,16-18,20H,1-2H3,(H,13,14,19)/t8-,9+,10+,11+/m0/s1/i3D. The van der Waals surface area contributed by atoms with E-state index in [4.69, 9.17) is 11.3 Å². The Morgan fingerprint density at radius 2 is 2.14 bits per heavy atom. The van der Waals surface area contributed by atoms with Crippen LogP contribution >= 0.6 is 0 Å². The summed E-state index contributed by atoms with van der Waals surface area (Å²) < 4.78 is 13.8. The molecule has 0 saturated carbocycles. The van der Waals surface area contributed by atoms with E-state index < -0.39 is 30.2 Å². The molecule has 1 saturated heterocycles. The van der Waals surface area contributed by atoms with Crippen LogP contribution in [0.15, 0.2) is 33.5 Å². The van der Waals surface area contributed by atoms with E-state index in [-0.39, 0.29) is 17.3 Å². The van der Waals surface area contributed by atoms with E-state index >= 15 is 0 Å². The summed E-state index contributed by atoms with van der Waals surface area (Å²) in [6.07, 6.45) is -4.43. The summed E-state index contributed by atoms with van der Waals surface area (Å²) in [5.74, 6) is -0.237. The predicted octanol–water partition coefficient (Wildman–Crippen LogP) is -1.06. The zero-order chi connectivity index (χ0) is 16.6. The van der Waals surface area contributed by atoms with Crippen molar-refractivity contribution in [3.63, 3.8) is 0 Å². The Balaban J connectivity index is 2.45. The maximum atomic E-state index is 11.9. The third-order valence-electron chi connectivity index (χ3n) is 3.19. The molecule has 1 aromatic rings. The Bertz CT molecular complexity index is 720. The van der Waals surface area contributed by atoms with E-state index in [0.29, 0.717) is 5.57 Å². The van der Waals surface area contributed by atoms with E-state index in [2.05, 4.69) is 10.1 Å². The summed E-state index contributed by atoms with van der Waals surface area (Å²) >= 11 is 0. The second kappa shape index (κ2) is 5.72. The molecule has 0 bridgehead atoms. The van der Waals surface area contributed by atoms with Crippen molar-refractivity contribution in [2.24, 2.45) is 5.16 Å². The number of H-pyrrole nitrogens is 1. The number of nitrogens with zero attached hydrogens (tertiary/aromatic N) is 2. The van der Waals surface area contributed by atoms with Gasteiger partial charge in [0, 0.05) is 12.2 Å². The molecule has 0 aliphatic carbocycles. The molecule has 5 N–H and O–H groups in total. The third kappa shape index (κ3) is 2.71. The van der Waals surface area contributed by atoms with Gasteiger partial charge >= 0.3 is 5.69 Å². The third-order valence-corrected chi connectivity index (χ3v) is 3.19. The average Bonchev–Trinajstić information content (AvgIpc) is 2.76. The number of nitrogens with one attached hydrogen (secondary N) is 1. The van der Waals surface area contributed by atoms with Crippen molar-refractivity contribution < 1.29 is 26.6 Å². The fraction of sp³-hybridized carbons (Fsp3) is 0.500. The van der Waals surface area contributed by atoms with Gasteiger partial charge in [0.05, 0.1) is 1.37 Å². The van der Waals surface area contributed by atoms with Crippen LogP contribution in [0.4, 0.5) is 0 Å². The van der Waals surface area contributed by atoms with Crippen LogP contribution in [-0.4, -0.2) is 48.4 Å². The Morgan fingerprint density at radius 3 is 2.71 bits per heavy atom. The van der Waals surface area contributed by atoms with E-state index in [9.17, 15) is 20.1 Å². The minimum atomic E-state index is -1.49. The second-order valence-corrected chi connectivity index (χ2v) is 4.87. The Morgan fingerprint density at radius 1 is 1.48 bits per heavy atom. The highest BCUT2D eigenvalue weighted by Gasteiger charge is 2.46. The molecule has 0 spiro atoms. The van der Waals surface area contributed by atoms with Gasteiger partial charge in [-0.05, 0) is 19.4 Å². The summed E-state index contributed by atoms with van der Waals surface area (Å²) in [6.45, 7) is 3.20. The van der Waals surface area contributed by atoms with Crippen molar-refractivity contribution in [1.29, 1.82) is 0 Å². The molecular weight excluding hydrogens is 282 g/mol. The molecule has 1 aromatic heterocycles. The first-order chi connectivity index (χ1) is 10.3. The first-order valence-corrected chi connectivity index (χ1v) is 6.16. The van der Waals surface area contributed by atoms with Gasteiger partial charge in [0.1, 0.15) is 24.1 Å². The molecule has 0 radical (unpaired) electrons. The molecule has 2 heterocycles. The van der Waals surface area contributed by atoms with Crippen LogP contribution in [0, 0.1) is 0 Å². The molecular formula is C12H17N3O6. The van der Waals surface area contributed by atoms with Gasteiger partial charge in [0.2, 0.25) is 0 Å². The van der Waals surface area contributed by atoms with E-state index in [1.54, 1.807) is 13.8 Å². The van der Waals surface area contributed by atoms with Gasteiger partial charge in [0.25, 0.3) is 0 Å². The summed E-state index contributed by atoms with van der Waals surface area (Å²) in [6, 6.07) is -0.317. The van der Waals surface area contributed by atoms with Crippen molar-refractivity contribution in [2.75, 3.05) is 0 Å². The molecule has 1 fully saturated rings. The summed E-state index contributed by atoms with van der Waals surface area (Å²) in [5.41, 5.74) is -0.665. The lowest BCUT2D eigenvalue weighted by molar-refractivity contribution is -0.0394. The lowest BCUT2D eigenvalue weighted by Crippen LogP contribution is -2.37. The van der Waals surface area contributed by atoms with Crippen LogP contribution in [0.1, 0.15) is 21.4 Å². The van der Waals surface area contributed by atoms with Crippen LogP contribution < -0.4 is 11.2 Å². The highest BCUT2D eigenvalue weighted by molar-refractivity contribution is 5.12. The normalized spacial score (nSPS) is 30.3. The number of aliphatic hydroxyl groups is 3. The van der Waals surface area contributed by atoms with E-state index in [1.807, 2.05) is 0 Å². The Hall–Kier alpha value is -2.10. The van der Waals surface area contributed by atoms with Gasteiger partial charge < -0.3 is 25.3 Å². The van der Waals surface area contributed by atoms with Gasteiger partial charge in [-0.2, -0.15) is 0 Å². The van der Waals surface area contributed by atoms with Crippen molar-refractivity contribution >= 4 is 0 Å². The number of aromatic nitrogens is 2. The molecule has 1 aliphatic rings. The topological polar surface area (TPSA) is 140 Å². The summed E-state index contributed by atoms with van der Waals surface area (Å²) in [5, 5.41) is 41.3. The number of aromatic amines is 1. The van der Waals surface area contributed by atoms with Crippen molar-refractivity contribution in [1.82, 2.24) is 9.55 Å². The molecule has 0 amide bonds. The van der Waals surface area contributed by atoms with Gasteiger partial charge in [-0.1, -0.05) is 5.16 Å². The second-order valence-electron chi connectivity index (χ2n) is 4.87. The van der Waals surface area contributed by atoms with Crippen molar-refractivity contribution in [3.8, 4) is 0 Å². The molecule has 9 heteroatoms. The summed E-state index contributed by atoms with van der Waals surface area (Å²) in [4.78, 5) is 14.0. The smallest absolute Gasteiger partial charge is 0.329 e. The fourth-order valence-electron chi connectivity index (χ4n) is 2.03. The molecule has 4 atom stereocenters. The molecule has 2 rings (SSSR count). The lowest BCUT2D eigenvalue weighted by Gasteiger charge is -2.16. The zero-order valence-electron chi connectivity index (χ0n) is 12.4. The molecule has 0 unspecified atom stereocenters. The molecule has 0 aromatic carbocycles. The average molecular weight is 300 g/mol. The van der Waals surface area contributed by atoms with E-state index in [1.165, 1.54) is 0 Å². The quantitative estimate of drug-likeness (QED) is 0.268. The number of hydrogen-bond donors (Lipinski definition) is 5. The SMILES string of the molecule is [2H]c1cn([C@@H]2O[C@H](C(O)=C(C)C)[C@@H](O)[C@H]2O)c(=O)[nH]c1=NO. The number of rotatable bonds is 2. The summed E-state index contributed by atoms with van der Waals surface area (Å²) in [7, 11) is 0. The molecule has 116 valence electrons. The van der Waals surface area contributed by atoms with Crippen LogP contribution in [-0.2, 0) is 4.74 Å². The van der Waals surface area contributed by atoms with Crippen LogP contribution in [0.3, 0.4) is 0 Å². The zero-order valence-corrected chi connectivity index (χ0v) is 11.4. The molecule has 9 nitrogen and oxygen atoms in total. The predicted molar refractivity (Wildman–Crippen MR) is 69.3 cm³/mol. The molecule has 1 aliphatic heterocycles. The number of aliphatic hydroxyl groups excluding tert-OH is 3. The number of ether oxygens (including phenoxy) is 1. The fourth-order valence-corrected chi connectivity index (χ4v) is 2.03. The minimum Gasteiger partial charge on any atom is -0.510 e. The lowest BCUT2D eigenvalue weighted by atomic mass is 10.1. The first-order valence-electron chi connectivity index (χ1n) is 6.66. The van der Waals surface area contributed by atoms with Crippen LogP contribution in [0.25, 0.3) is 0 Å². The van der Waals surface area contributed by atoms with Crippen LogP contribution in [0.5, 0.6) is 0 Å². The Kier molecular flexibility index (Phi) is 3.78.